The Labute approximate surface area is 72.4 Å². The number of hydrogen-bond donors (Lipinski definition) is 1. The van der Waals surface area contributed by atoms with E-state index in [0.717, 1.165) is 29.5 Å². The van der Waals surface area contributed by atoms with E-state index in [4.69, 9.17) is 5.73 Å². The lowest BCUT2D eigenvalue weighted by atomic mass is 10.1. The molecule has 0 amide bonds. The SMILES string of the molecule is CCc1ccc(CC=O)cc1N. The average molecular weight is 163 g/mol. The molecule has 0 spiro atoms. The number of aldehydes is 1. The standard InChI is InChI=1S/C10H13NO/c1-2-9-4-3-8(5-6-12)7-10(9)11/h3-4,6-7H,2,5,11H2,1H3. The Morgan fingerprint density at radius 3 is 2.75 bits per heavy atom. The topological polar surface area (TPSA) is 43.1 Å². The van der Waals surface area contributed by atoms with E-state index in [2.05, 4.69) is 6.92 Å². The molecule has 2 N–H and O–H groups in total. The summed E-state index contributed by atoms with van der Waals surface area (Å²) in [5.41, 5.74) is 8.66. The number of rotatable bonds is 3. The molecule has 2 nitrogen and oxygen atoms in total. The van der Waals surface area contributed by atoms with Gasteiger partial charge in [0.05, 0.1) is 0 Å². The molecule has 0 heterocycles. The lowest BCUT2D eigenvalue weighted by Gasteiger charge is -2.03. The molecule has 1 aromatic carbocycles. The van der Waals surface area contributed by atoms with Crippen LogP contribution < -0.4 is 5.73 Å². The minimum Gasteiger partial charge on any atom is -0.398 e. The molecule has 0 aliphatic carbocycles. The number of hydrogen-bond acceptors (Lipinski definition) is 2. The van der Waals surface area contributed by atoms with Gasteiger partial charge in [0.25, 0.3) is 0 Å². The van der Waals surface area contributed by atoms with Crippen molar-refractivity contribution in [3.63, 3.8) is 0 Å². The highest BCUT2D eigenvalue weighted by atomic mass is 16.1. The third-order valence-corrected chi connectivity index (χ3v) is 1.91. The second kappa shape index (κ2) is 3.90. The molecule has 1 aromatic rings. The summed E-state index contributed by atoms with van der Waals surface area (Å²) in [5, 5.41) is 0. The fourth-order valence-electron chi connectivity index (χ4n) is 1.19. The summed E-state index contributed by atoms with van der Waals surface area (Å²) in [6, 6.07) is 5.80. The molecule has 0 atom stereocenters. The lowest BCUT2D eigenvalue weighted by molar-refractivity contribution is -0.107. The highest BCUT2D eigenvalue weighted by molar-refractivity contribution is 5.58. The van der Waals surface area contributed by atoms with Gasteiger partial charge in [-0.25, -0.2) is 0 Å². The summed E-state index contributed by atoms with van der Waals surface area (Å²) in [5.74, 6) is 0. The Kier molecular flexibility index (Phi) is 2.86. The second-order valence-corrected chi connectivity index (χ2v) is 2.76. The predicted molar refractivity (Wildman–Crippen MR) is 50.0 cm³/mol. The fraction of sp³-hybridized carbons (Fsp3) is 0.300. The molecular formula is C10H13NO. The monoisotopic (exact) mass is 163 g/mol. The first kappa shape index (κ1) is 8.78. The van der Waals surface area contributed by atoms with Crippen LogP contribution in [0.15, 0.2) is 18.2 Å². The summed E-state index contributed by atoms with van der Waals surface area (Å²) in [6.07, 6.45) is 2.28. The number of benzene rings is 1. The molecule has 2 heteroatoms. The Hall–Kier alpha value is -1.31. The Balaban J connectivity index is 2.93. The van der Waals surface area contributed by atoms with Crippen LogP contribution in [-0.2, 0) is 17.6 Å². The summed E-state index contributed by atoms with van der Waals surface area (Å²) >= 11 is 0. The minimum atomic E-state index is 0.453. The van der Waals surface area contributed by atoms with E-state index in [1.54, 1.807) is 0 Å². The number of anilines is 1. The van der Waals surface area contributed by atoms with Gasteiger partial charge in [0.2, 0.25) is 0 Å². The van der Waals surface area contributed by atoms with E-state index >= 15 is 0 Å². The Morgan fingerprint density at radius 1 is 1.50 bits per heavy atom. The van der Waals surface area contributed by atoms with Crippen molar-refractivity contribution in [3.05, 3.63) is 29.3 Å². The first-order valence-electron chi connectivity index (χ1n) is 4.08. The number of nitrogen functional groups attached to an aromatic ring is 1. The maximum Gasteiger partial charge on any atom is 0.124 e. The van der Waals surface area contributed by atoms with Crippen LogP contribution in [0, 0.1) is 0 Å². The van der Waals surface area contributed by atoms with Gasteiger partial charge in [0.15, 0.2) is 0 Å². The quantitative estimate of drug-likeness (QED) is 0.543. The van der Waals surface area contributed by atoms with Crippen molar-refractivity contribution < 1.29 is 4.79 Å². The van der Waals surface area contributed by atoms with Crippen molar-refractivity contribution in [2.45, 2.75) is 19.8 Å². The highest BCUT2D eigenvalue weighted by Gasteiger charge is 1.97. The maximum absolute atomic E-state index is 10.2. The Bertz CT molecular complexity index is 281. The Morgan fingerprint density at radius 2 is 2.25 bits per heavy atom. The number of nitrogens with two attached hydrogens (primary N) is 1. The number of aryl methyl sites for hydroxylation is 1. The van der Waals surface area contributed by atoms with Crippen LogP contribution in [0.3, 0.4) is 0 Å². The van der Waals surface area contributed by atoms with Crippen LogP contribution in [0.2, 0.25) is 0 Å². The number of carbonyl (C=O) groups excluding carboxylic acids is 1. The van der Waals surface area contributed by atoms with Gasteiger partial charge in [0, 0.05) is 12.1 Å². The van der Waals surface area contributed by atoms with E-state index in [0.29, 0.717) is 6.42 Å². The molecule has 0 radical (unpaired) electrons. The van der Waals surface area contributed by atoms with Gasteiger partial charge in [-0.3, -0.25) is 0 Å². The van der Waals surface area contributed by atoms with E-state index in [9.17, 15) is 4.79 Å². The zero-order chi connectivity index (χ0) is 8.97. The van der Waals surface area contributed by atoms with Crippen LogP contribution in [0.5, 0.6) is 0 Å². The van der Waals surface area contributed by atoms with Crippen LogP contribution in [0.25, 0.3) is 0 Å². The van der Waals surface area contributed by atoms with Crippen LogP contribution in [-0.4, -0.2) is 6.29 Å². The smallest absolute Gasteiger partial charge is 0.124 e. The van der Waals surface area contributed by atoms with Gasteiger partial charge in [-0.1, -0.05) is 19.1 Å². The molecule has 0 aromatic heterocycles. The highest BCUT2D eigenvalue weighted by Crippen LogP contribution is 2.14. The summed E-state index contributed by atoms with van der Waals surface area (Å²) in [7, 11) is 0. The van der Waals surface area contributed by atoms with E-state index < -0.39 is 0 Å². The average Bonchev–Trinajstić information content (AvgIpc) is 2.05. The van der Waals surface area contributed by atoms with E-state index in [1.807, 2.05) is 18.2 Å². The zero-order valence-electron chi connectivity index (χ0n) is 7.21. The molecule has 0 aliphatic heterocycles. The fourth-order valence-corrected chi connectivity index (χ4v) is 1.19. The molecule has 64 valence electrons. The molecule has 1 rings (SSSR count). The summed E-state index contributed by atoms with van der Waals surface area (Å²) < 4.78 is 0. The molecule has 0 saturated carbocycles. The van der Waals surface area contributed by atoms with E-state index in [-0.39, 0.29) is 0 Å². The van der Waals surface area contributed by atoms with Crippen molar-refractivity contribution in [3.8, 4) is 0 Å². The van der Waals surface area contributed by atoms with Gasteiger partial charge < -0.3 is 10.5 Å². The van der Waals surface area contributed by atoms with Crippen LogP contribution in [0.4, 0.5) is 5.69 Å². The van der Waals surface area contributed by atoms with Crippen molar-refractivity contribution in [2.24, 2.45) is 0 Å². The van der Waals surface area contributed by atoms with Gasteiger partial charge >= 0.3 is 0 Å². The number of carbonyl (C=O) groups is 1. The van der Waals surface area contributed by atoms with Crippen molar-refractivity contribution in [1.82, 2.24) is 0 Å². The van der Waals surface area contributed by atoms with E-state index in [1.165, 1.54) is 0 Å². The first-order chi connectivity index (χ1) is 5.77. The molecule has 12 heavy (non-hydrogen) atoms. The predicted octanol–water partition coefficient (Wildman–Crippen LogP) is 1.57. The third-order valence-electron chi connectivity index (χ3n) is 1.91. The maximum atomic E-state index is 10.2. The second-order valence-electron chi connectivity index (χ2n) is 2.76. The molecule has 0 fully saturated rings. The molecule has 0 bridgehead atoms. The zero-order valence-corrected chi connectivity index (χ0v) is 7.21. The molecule has 0 aliphatic rings. The van der Waals surface area contributed by atoms with Gasteiger partial charge in [-0.15, -0.1) is 0 Å². The normalized spacial score (nSPS) is 9.75. The van der Waals surface area contributed by atoms with Crippen molar-refractivity contribution in [1.29, 1.82) is 0 Å². The molecule has 0 saturated heterocycles. The van der Waals surface area contributed by atoms with Crippen LogP contribution in [0.1, 0.15) is 18.1 Å². The lowest BCUT2D eigenvalue weighted by Crippen LogP contribution is -1.95. The third kappa shape index (κ3) is 1.84. The van der Waals surface area contributed by atoms with Gasteiger partial charge in [0.1, 0.15) is 6.29 Å². The van der Waals surface area contributed by atoms with Crippen molar-refractivity contribution in [2.75, 3.05) is 5.73 Å². The van der Waals surface area contributed by atoms with Crippen LogP contribution >= 0.6 is 0 Å². The first-order valence-corrected chi connectivity index (χ1v) is 4.08. The molecular weight excluding hydrogens is 150 g/mol. The summed E-state index contributed by atoms with van der Waals surface area (Å²) in [6.45, 7) is 2.06. The largest absolute Gasteiger partial charge is 0.398 e. The van der Waals surface area contributed by atoms with Gasteiger partial charge in [-0.05, 0) is 23.6 Å². The van der Waals surface area contributed by atoms with Crippen molar-refractivity contribution >= 4 is 12.0 Å². The summed E-state index contributed by atoms with van der Waals surface area (Å²) in [4.78, 5) is 10.2. The molecule has 0 unspecified atom stereocenters. The van der Waals surface area contributed by atoms with Gasteiger partial charge in [-0.2, -0.15) is 0 Å². The minimum absolute atomic E-state index is 0.453.